The quantitative estimate of drug-likeness (QED) is 0.118. The van der Waals surface area contributed by atoms with Crippen molar-refractivity contribution in [2.75, 3.05) is 0 Å². The number of furan rings is 1. The van der Waals surface area contributed by atoms with Gasteiger partial charge in [0.25, 0.3) is 0 Å². The first-order valence-electron chi connectivity index (χ1n) is 20.9. The van der Waals surface area contributed by atoms with Gasteiger partial charge >= 0.3 is 0 Å². The van der Waals surface area contributed by atoms with Gasteiger partial charge in [-0.2, -0.15) is 0 Å². The number of hydrogen-bond acceptors (Lipinski definition) is 4. The van der Waals surface area contributed by atoms with E-state index in [1.54, 1.807) is 0 Å². The number of nitrogens with zero attached hydrogens (tertiary/aromatic N) is 3. The maximum atomic E-state index is 6.36. The van der Waals surface area contributed by atoms with E-state index in [1.807, 2.05) is 38.4 Å². The zero-order valence-corrected chi connectivity index (χ0v) is 38.7. The maximum Gasteiger partial charge on any atom is 0.121 e. The van der Waals surface area contributed by atoms with Crippen LogP contribution in [0.1, 0.15) is 80.3 Å². The number of fused-ring (bicyclic) bond motifs is 3. The molecule has 1 radical (unpaired) electrons. The van der Waals surface area contributed by atoms with E-state index in [4.69, 9.17) is 9.40 Å². The summed E-state index contributed by atoms with van der Waals surface area (Å²) in [6, 6.07) is 45.4. The average molecular weight is 968 g/mol. The summed E-state index contributed by atoms with van der Waals surface area (Å²) in [6.45, 7) is 15.6. The van der Waals surface area contributed by atoms with E-state index in [0.717, 1.165) is 56.0 Å². The number of hydrogen-bond donors (Lipinski definition) is 0. The van der Waals surface area contributed by atoms with Crippen LogP contribution in [0, 0.1) is 26.0 Å². The second-order valence-corrected chi connectivity index (χ2v) is 22.4. The van der Waals surface area contributed by atoms with Crippen LogP contribution in [0.25, 0.3) is 66.7 Å². The Morgan fingerprint density at radius 3 is 2.05 bits per heavy atom. The molecule has 1 saturated carbocycles. The first-order valence-corrected chi connectivity index (χ1v) is 24.4. The fourth-order valence-corrected chi connectivity index (χ4v) is 9.36. The molecule has 4 aromatic heterocycles. The van der Waals surface area contributed by atoms with Crippen molar-refractivity contribution in [2.24, 2.45) is 0 Å². The summed E-state index contributed by atoms with van der Waals surface area (Å²) in [5.74, 6) is 1.05. The average Bonchev–Trinajstić information content (AvgIpc) is 3.61. The molecule has 4 nitrogen and oxygen atoms in total. The Morgan fingerprint density at radius 1 is 0.661 bits per heavy atom. The Kier molecular flexibility index (Phi) is 12.9. The molecule has 0 bridgehead atoms. The number of benzene rings is 4. The predicted molar refractivity (Wildman–Crippen MR) is 245 cm³/mol. The van der Waals surface area contributed by atoms with Gasteiger partial charge in [0.2, 0.25) is 0 Å². The monoisotopic (exact) mass is 968 g/mol. The van der Waals surface area contributed by atoms with Crippen LogP contribution in [-0.2, 0) is 20.1 Å². The molecule has 59 heavy (non-hydrogen) atoms. The van der Waals surface area contributed by atoms with Gasteiger partial charge in [-0.25, -0.2) is 0 Å². The molecule has 0 saturated heterocycles. The second kappa shape index (κ2) is 18.1. The van der Waals surface area contributed by atoms with Crippen LogP contribution in [0.3, 0.4) is 0 Å². The van der Waals surface area contributed by atoms with E-state index >= 15 is 0 Å². The molecule has 1 aliphatic carbocycles. The Hall–Kier alpha value is -5.00. The minimum Gasteiger partial charge on any atom is -0.500 e. The van der Waals surface area contributed by atoms with Gasteiger partial charge < -0.3 is 14.4 Å². The fraction of sp³-hybridized carbons (Fsp3) is 0.264. The standard InChI is InChI=1S/C32H30NO.C21H23N2Si.Ir/c1-21(2)27-18-26(23-11-7-4-8-12-23)20-31-32(27)28-17-25(13-14-30(28)34-31)29-19-24(15-16-33-29)22-9-5-3-6-10-22;1-15-12-19(13-16(2)23-15)17-6-8-18(9-7-17)21-11-10-20(14-22-21)24(3,4)5;/h4,7-8,11-12,14-22H,3,5-6,9-10H2,1-2H3;6-8,10-14H,1-5H3;/q2*-1;. The molecule has 0 N–H and O–H groups in total. The van der Waals surface area contributed by atoms with Crippen LogP contribution in [0.4, 0.5) is 0 Å². The molecule has 1 aliphatic rings. The summed E-state index contributed by atoms with van der Waals surface area (Å²) in [7, 11) is -1.30. The maximum absolute atomic E-state index is 6.36. The van der Waals surface area contributed by atoms with Gasteiger partial charge in [0, 0.05) is 49.3 Å². The molecule has 9 rings (SSSR count). The molecule has 301 valence electrons. The molecule has 4 aromatic carbocycles. The molecule has 6 heteroatoms. The molecule has 1 fully saturated rings. The second-order valence-electron chi connectivity index (χ2n) is 17.3. The van der Waals surface area contributed by atoms with Crippen LogP contribution in [0.15, 0.2) is 126 Å². The van der Waals surface area contributed by atoms with E-state index in [2.05, 4.69) is 153 Å². The van der Waals surface area contributed by atoms with Crippen molar-refractivity contribution in [3.8, 4) is 44.8 Å². The molecule has 0 atom stereocenters. The summed E-state index contributed by atoms with van der Waals surface area (Å²) in [4.78, 5) is 13.8. The molecule has 0 amide bonds. The molecular weight excluding hydrogens is 915 g/mol. The third kappa shape index (κ3) is 9.57. The summed E-state index contributed by atoms with van der Waals surface area (Å²) < 4.78 is 6.36. The van der Waals surface area contributed by atoms with Crippen molar-refractivity contribution >= 4 is 35.2 Å². The van der Waals surface area contributed by atoms with Crippen molar-refractivity contribution in [1.29, 1.82) is 0 Å². The largest absolute Gasteiger partial charge is 0.500 e. The zero-order chi connectivity index (χ0) is 40.4. The smallest absolute Gasteiger partial charge is 0.121 e. The summed E-state index contributed by atoms with van der Waals surface area (Å²) in [6.07, 6.45) is 10.6. The van der Waals surface area contributed by atoms with Crippen LogP contribution < -0.4 is 5.19 Å². The minimum atomic E-state index is -1.30. The number of aryl methyl sites for hydroxylation is 2. The van der Waals surface area contributed by atoms with E-state index in [9.17, 15) is 0 Å². The Morgan fingerprint density at radius 2 is 1.39 bits per heavy atom. The van der Waals surface area contributed by atoms with E-state index in [-0.39, 0.29) is 20.1 Å². The van der Waals surface area contributed by atoms with Crippen LogP contribution >= 0.6 is 0 Å². The predicted octanol–water partition coefficient (Wildman–Crippen LogP) is 14.1. The van der Waals surface area contributed by atoms with Gasteiger partial charge in [-0.05, 0) is 96.1 Å². The Balaban J connectivity index is 0.000000187. The Bertz CT molecular complexity index is 2650. The van der Waals surface area contributed by atoms with Gasteiger partial charge in [0.15, 0.2) is 0 Å². The summed E-state index contributed by atoms with van der Waals surface area (Å²) >= 11 is 0. The summed E-state index contributed by atoms with van der Waals surface area (Å²) in [5.41, 5.74) is 15.4. The molecule has 8 aromatic rings. The van der Waals surface area contributed by atoms with Crippen molar-refractivity contribution in [3.05, 3.63) is 156 Å². The van der Waals surface area contributed by atoms with E-state index in [0.29, 0.717) is 11.8 Å². The SMILES string of the molecule is CC(C)c1cc(-c2ccccc2)cc2oc3c[c-]c(-c4cc(C5CCCCC5)ccn4)cc3c12.Cc1cc(-c2c[c-]c(-c3ccc([Si](C)(C)C)cn3)cc2)cc(C)n1.[Ir]. The molecule has 4 heterocycles. The number of pyridine rings is 3. The minimum absolute atomic E-state index is 0. The van der Waals surface area contributed by atoms with Crippen LogP contribution in [-0.4, -0.2) is 23.0 Å². The number of aromatic nitrogens is 3. The van der Waals surface area contributed by atoms with Crippen molar-refractivity contribution < 1.29 is 24.5 Å². The van der Waals surface area contributed by atoms with Crippen molar-refractivity contribution in [2.45, 2.75) is 91.3 Å². The third-order valence-electron chi connectivity index (χ3n) is 11.5. The van der Waals surface area contributed by atoms with Gasteiger partial charge in [-0.3, -0.25) is 4.98 Å². The van der Waals surface area contributed by atoms with E-state index < -0.39 is 8.07 Å². The number of rotatable bonds is 7. The van der Waals surface area contributed by atoms with Gasteiger partial charge in [0.05, 0.1) is 13.7 Å². The first kappa shape index (κ1) is 42.1. The van der Waals surface area contributed by atoms with Crippen LogP contribution in [0.2, 0.25) is 19.6 Å². The Labute approximate surface area is 365 Å². The normalized spacial score (nSPS) is 13.3. The molecule has 0 unspecified atom stereocenters. The third-order valence-corrected chi connectivity index (χ3v) is 13.6. The first-order chi connectivity index (χ1) is 28.0. The fourth-order valence-electron chi connectivity index (χ4n) is 8.33. The molecule has 0 spiro atoms. The van der Waals surface area contributed by atoms with E-state index in [1.165, 1.54) is 70.5 Å². The van der Waals surface area contributed by atoms with Gasteiger partial charge in [-0.1, -0.05) is 129 Å². The zero-order valence-electron chi connectivity index (χ0n) is 35.3. The van der Waals surface area contributed by atoms with Crippen LogP contribution in [0.5, 0.6) is 0 Å². The molecular formula is C53H53IrN3OSi-2. The van der Waals surface area contributed by atoms with Gasteiger partial charge in [0.1, 0.15) is 5.58 Å². The molecule has 0 aliphatic heterocycles. The van der Waals surface area contributed by atoms with Crippen molar-refractivity contribution in [3.63, 3.8) is 0 Å². The summed E-state index contributed by atoms with van der Waals surface area (Å²) in [5, 5.41) is 3.74. The van der Waals surface area contributed by atoms with Crippen molar-refractivity contribution in [1.82, 2.24) is 15.0 Å². The van der Waals surface area contributed by atoms with Gasteiger partial charge in [-0.15, -0.1) is 53.6 Å². The topological polar surface area (TPSA) is 51.8 Å².